The van der Waals surface area contributed by atoms with Crippen molar-refractivity contribution in [1.29, 1.82) is 0 Å². The molecule has 2 saturated heterocycles. The average Bonchev–Trinajstić information content (AvgIpc) is 2.89. The normalized spacial score (nSPS) is 36.9. The number of allylic oxidation sites excluding steroid dienone is 4. The Bertz CT molecular complexity index is 807. The highest BCUT2D eigenvalue weighted by molar-refractivity contribution is 5.12. The quantitative estimate of drug-likeness (QED) is 0.0952. The maximum atomic E-state index is 10.8. The summed E-state index contributed by atoms with van der Waals surface area (Å²) >= 11 is 0. The third-order valence-corrected chi connectivity index (χ3v) is 7.09. The van der Waals surface area contributed by atoms with E-state index in [0.29, 0.717) is 12.8 Å². The predicted octanol–water partition coefficient (Wildman–Crippen LogP) is -0.984. The first-order valence-corrected chi connectivity index (χ1v) is 13.2. The van der Waals surface area contributed by atoms with Gasteiger partial charge < -0.3 is 59.8 Å². The van der Waals surface area contributed by atoms with E-state index in [-0.39, 0.29) is 0 Å². The first-order valence-electron chi connectivity index (χ1n) is 13.2. The summed E-state index contributed by atoms with van der Waals surface area (Å²) in [6.45, 7) is 11.3. The van der Waals surface area contributed by atoms with Crippen LogP contribution in [0, 0.1) is 0 Å². The second-order valence-electron chi connectivity index (χ2n) is 10.8. The molecule has 2 rings (SSSR count). The monoisotopic (exact) mass is 562 g/mol. The average molecular weight is 563 g/mol. The topological polar surface area (TPSA) is 199 Å². The summed E-state index contributed by atoms with van der Waals surface area (Å²) in [5.74, 6) is 0. The van der Waals surface area contributed by atoms with Gasteiger partial charge in [-0.05, 0) is 46.5 Å². The smallest absolute Gasteiger partial charge is 0.187 e. The van der Waals surface area contributed by atoms with E-state index in [1.165, 1.54) is 0 Å². The minimum absolute atomic E-state index is 0.367. The maximum absolute atomic E-state index is 10.8. The summed E-state index contributed by atoms with van der Waals surface area (Å²) in [6, 6.07) is 0. The van der Waals surface area contributed by atoms with E-state index in [2.05, 4.69) is 19.2 Å². The van der Waals surface area contributed by atoms with Gasteiger partial charge in [0.25, 0.3) is 0 Å². The second-order valence-corrected chi connectivity index (χ2v) is 10.8. The highest BCUT2D eigenvalue weighted by atomic mass is 16.7. The molecule has 0 aromatic heterocycles. The van der Waals surface area contributed by atoms with Crippen molar-refractivity contribution in [2.45, 2.75) is 120 Å². The summed E-state index contributed by atoms with van der Waals surface area (Å²) in [7, 11) is 0. The molecule has 0 aromatic rings. The zero-order valence-corrected chi connectivity index (χ0v) is 22.9. The lowest BCUT2D eigenvalue weighted by molar-refractivity contribution is -0.366. The van der Waals surface area contributed by atoms with Gasteiger partial charge in [0.1, 0.15) is 48.8 Å². The number of aliphatic hydroxyl groups is 8. The van der Waals surface area contributed by atoms with Crippen LogP contribution >= 0.6 is 0 Å². The van der Waals surface area contributed by atoms with Crippen LogP contribution in [0.25, 0.3) is 0 Å². The van der Waals surface area contributed by atoms with Crippen LogP contribution in [0.5, 0.6) is 0 Å². The van der Waals surface area contributed by atoms with Crippen molar-refractivity contribution in [2.75, 3.05) is 13.2 Å². The van der Waals surface area contributed by atoms with Gasteiger partial charge in [-0.25, -0.2) is 0 Å². The van der Waals surface area contributed by atoms with Crippen LogP contribution in [0.3, 0.4) is 0 Å². The van der Waals surface area contributed by atoms with Crippen LogP contribution in [0.1, 0.15) is 46.5 Å². The molecular formula is C27H46O12. The van der Waals surface area contributed by atoms with E-state index in [4.69, 9.17) is 18.9 Å². The van der Waals surface area contributed by atoms with Gasteiger partial charge in [0, 0.05) is 0 Å². The lowest BCUT2D eigenvalue weighted by atomic mass is 9.94. The molecule has 0 unspecified atom stereocenters. The van der Waals surface area contributed by atoms with Crippen molar-refractivity contribution in [3.05, 3.63) is 36.5 Å². The molecule has 0 bridgehead atoms. The Morgan fingerprint density at radius 3 is 2.05 bits per heavy atom. The van der Waals surface area contributed by atoms with Crippen LogP contribution in [0.15, 0.2) is 36.5 Å². The van der Waals surface area contributed by atoms with E-state index in [0.717, 1.165) is 24.0 Å². The van der Waals surface area contributed by atoms with Crippen LogP contribution in [-0.4, -0.2) is 127 Å². The molecule has 2 fully saturated rings. The van der Waals surface area contributed by atoms with Crippen molar-refractivity contribution in [3.8, 4) is 0 Å². The van der Waals surface area contributed by atoms with Gasteiger partial charge in [-0.2, -0.15) is 0 Å². The maximum Gasteiger partial charge on any atom is 0.187 e. The van der Waals surface area contributed by atoms with Crippen LogP contribution in [0.4, 0.5) is 0 Å². The van der Waals surface area contributed by atoms with Gasteiger partial charge in [-0.3, -0.25) is 0 Å². The SMILES string of the molecule is C=CC(=C)CC/C=C(\C)CC[C@H](O[C@@H]1O[C@H](CO)[C@@H](O[C@@H]2O[C@H](CO)[C@@H](O)[C@H](O)[C@H]2O)[C@H](O)[C@H]1O)C(C)(C)O. The summed E-state index contributed by atoms with van der Waals surface area (Å²) in [5.41, 5.74) is 0.659. The number of rotatable bonds is 14. The van der Waals surface area contributed by atoms with Gasteiger partial charge in [0.15, 0.2) is 12.6 Å². The number of hydrogen-bond donors (Lipinski definition) is 8. The highest BCUT2D eigenvalue weighted by Crippen LogP contribution is 2.32. The van der Waals surface area contributed by atoms with Crippen LogP contribution in [0.2, 0.25) is 0 Å². The zero-order chi connectivity index (χ0) is 29.5. The fraction of sp³-hybridized carbons (Fsp3) is 0.778. The van der Waals surface area contributed by atoms with Crippen molar-refractivity contribution >= 4 is 0 Å². The molecule has 39 heavy (non-hydrogen) atoms. The molecule has 0 spiro atoms. The third kappa shape index (κ3) is 9.12. The highest BCUT2D eigenvalue weighted by Gasteiger charge is 2.51. The molecule has 12 heteroatoms. The Balaban J connectivity index is 2.08. The van der Waals surface area contributed by atoms with Gasteiger partial charge in [-0.1, -0.05) is 36.5 Å². The molecule has 2 aliphatic heterocycles. The molecule has 0 amide bonds. The summed E-state index contributed by atoms with van der Waals surface area (Å²) in [6.07, 6.45) is -10.0. The van der Waals surface area contributed by atoms with Crippen molar-refractivity contribution in [2.24, 2.45) is 0 Å². The molecule has 0 aliphatic carbocycles. The summed E-state index contributed by atoms with van der Waals surface area (Å²) < 4.78 is 22.5. The van der Waals surface area contributed by atoms with Gasteiger partial charge in [-0.15, -0.1) is 0 Å². The molecule has 0 aromatic carbocycles. The molecule has 2 aliphatic rings. The minimum Gasteiger partial charge on any atom is -0.394 e. The minimum atomic E-state index is -1.76. The Morgan fingerprint density at radius 2 is 1.49 bits per heavy atom. The van der Waals surface area contributed by atoms with E-state index in [9.17, 15) is 40.9 Å². The molecule has 8 N–H and O–H groups in total. The molecule has 0 saturated carbocycles. The summed E-state index contributed by atoms with van der Waals surface area (Å²) in [5, 5.41) is 81.9. The van der Waals surface area contributed by atoms with Crippen LogP contribution in [-0.2, 0) is 18.9 Å². The lowest BCUT2D eigenvalue weighted by Crippen LogP contribution is -2.65. The molecule has 11 atom stereocenters. The van der Waals surface area contributed by atoms with Crippen molar-refractivity contribution < 1.29 is 59.8 Å². The van der Waals surface area contributed by atoms with Gasteiger partial charge in [0.2, 0.25) is 0 Å². The molecule has 12 nitrogen and oxygen atoms in total. The van der Waals surface area contributed by atoms with E-state index < -0.39 is 86.3 Å². The Morgan fingerprint density at radius 1 is 0.897 bits per heavy atom. The third-order valence-electron chi connectivity index (χ3n) is 7.09. The van der Waals surface area contributed by atoms with E-state index >= 15 is 0 Å². The molecule has 226 valence electrons. The zero-order valence-electron chi connectivity index (χ0n) is 22.9. The molecular weight excluding hydrogens is 516 g/mol. The fourth-order valence-corrected chi connectivity index (χ4v) is 4.48. The standard InChI is InChI=1S/C27H46O12/c1-6-14(2)8-7-9-15(3)10-11-18(27(4,5)35)38-25-23(34)21(32)24(17(13-29)37-25)39-26-22(33)20(31)19(30)16(12-28)36-26/h6,9,16-26,28-35H,1-2,7-8,10-13H2,3-5H3/b15-9+/t16-,17-,18+,19-,20+,21-,22-,23-,24-,25+,26+/m1/s1. The Kier molecular flexibility index (Phi) is 13.1. The summed E-state index contributed by atoms with van der Waals surface area (Å²) in [4.78, 5) is 0. The van der Waals surface area contributed by atoms with E-state index in [1.807, 2.05) is 6.92 Å². The van der Waals surface area contributed by atoms with Gasteiger partial charge in [0.05, 0.1) is 24.9 Å². The van der Waals surface area contributed by atoms with Gasteiger partial charge >= 0.3 is 0 Å². The first-order chi connectivity index (χ1) is 18.2. The first kappa shape index (κ1) is 33.9. The van der Waals surface area contributed by atoms with Crippen LogP contribution < -0.4 is 0 Å². The molecule has 2 heterocycles. The Labute approximate surface area is 229 Å². The van der Waals surface area contributed by atoms with E-state index in [1.54, 1.807) is 19.9 Å². The lowest BCUT2D eigenvalue weighted by Gasteiger charge is -2.46. The fourth-order valence-electron chi connectivity index (χ4n) is 4.48. The number of aliphatic hydroxyl groups excluding tert-OH is 7. The van der Waals surface area contributed by atoms with Crippen molar-refractivity contribution in [3.63, 3.8) is 0 Å². The Hall–Kier alpha value is -1.26. The largest absolute Gasteiger partial charge is 0.394 e. The number of ether oxygens (including phenoxy) is 4. The second kappa shape index (κ2) is 15.1. The number of hydrogen-bond acceptors (Lipinski definition) is 12. The predicted molar refractivity (Wildman–Crippen MR) is 139 cm³/mol. The molecule has 0 radical (unpaired) electrons. The van der Waals surface area contributed by atoms with Crippen molar-refractivity contribution in [1.82, 2.24) is 0 Å².